The molecule has 1 aliphatic rings. The van der Waals surface area contributed by atoms with Crippen LogP contribution in [0, 0.1) is 0 Å². The smallest absolute Gasteiger partial charge is 0.212 e. The van der Waals surface area contributed by atoms with E-state index in [0.29, 0.717) is 13.1 Å². The Morgan fingerprint density at radius 3 is 2.42 bits per heavy atom. The lowest BCUT2D eigenvalue weighted by molar-refractivity contribution is 0.349. The van der Waals surface area contributed by atoms with Gasteiger partial charge in [0.15, 0.2) is 0 Å². The summed E-state index contributed by atoms with van der Waals surface area (Å²) in [6.45, 7) is 3.07. The first-order valence-electron chi connectivity index (χ1n) is 6.66. The Labute approximate surface area is 120 Å². The Hall–Kier alpha value is -0.580. The maximum Gasteiger partial charge on any atom is 0.214 e. The molecule has 1 fully saturated rings. The molecule has 3 nitrogen and oxygen atoms in total. The number of nitrogens with zero attached hydrogens (tertiary/aromatic N) is 1. The fourth-order valence-corrected chi connectivity index (χ4v) is 4.40. The van der Waals surface area contributed by atoms with E-state index in [9.17, 15) is 8.42 Å². The maximum absolute atomic E-state index is 12.4. The molecule has 0 aromatic heterocycles. The largest absolute Gasteiger partial charge is 0.214 e. The second-order valence-electron chi connectivity index (χ2n) is 5.16. The predicted molar refractivity (Wildman–Crippen MR) is 79.1 cm³/mol. The molecule has 0 amide bonds. The van der Waals surface area contributed by atoms with Crippen LogP contribution >= 0.6 is 11.6 Å². The molecule has 2 rings (SSSR count). The van der Waals surface area contributed by atoms with E-state index in [1.807, 2.05) is 37.3 Å². The monoisotopic (exact) mass is 301 g/mol. The Bertz CT molecular complexity index is 495. The first-order chi connectivity index (χ1) is 8.99. The van der Waals surface area contributed by atoms with E-state index in [0.717, 1.165) is 18.4 Å². The summed E-state index contributed by atoms with van der Waals surface area (Å²) in [5.41, 5.74) is 1.07. The molecule has 1 saturated heterocycles. The van der Waals surface area contributed by atoms with Gasteiger partial charge in [0.25, 0.3) is 0 Å². The Balaban J connectivity index is 2.01. The van der Waals surface area contributed by atoms with Crippen LogP contribution in [-0.2, 0) is 10.0 Å². The molecule has 1 unspecified atom stereocenters. The zero-order valence-electron chi connectivity index (χ0n) is 11.1. The summed E-state index contributed by atoms with van der Waals surface area (Å²) < 4.78 is 26.3. The lowest BCUT2D eigenvalue weighted by atomic mass is 10.0. The molecule has 5 heteroatoms. The molecule has 19 heavy (non-hydrogen) atoms. The lowest BCUT2D eigenvalue weighted by Gasteiger charge is -2.29. The van der Waals surface area contributed by atoms with Crippen LogP contribution in [0.2, 0.25) is 0 Å². The summed E-state index contributed by atoms with van der Waals surface area (Å²) in [4.78, 5) is 0. The van der Waals surface area contributed by atoms with Gasteiger partial charge in [-0.05, 0) is 24.3 Å². The molecule has 0 N–H and O–H groups in total. The highest BCUT2D eigenvalue weighted by Crippen LogP contribution is 2.22. The van der Waals surface area contributed by atoms with Crippen LogP contribution in [0.15, 0.2) is 30.3 Å². The molecule has 0 spiro atoms. The summed E-state index contributed by atoms with van der Waals surface area (Å²) in [7, 11) is -3.18. The third-order valence-electron chi connectivity index (χ3n) is 3.61. The van der Waals surface area contributed by atoms with Gasteiger partial charge < -0.3 is 0 Å². The Morgan fingerprint density at radius 1 is 1.26 bits per heavy atom. The predicted octanol–water partition coefficient (Wildman–Crippen LogP) is 2.82. The number of alkyl halides is 1. The summed E-state index contributed by atoms with van der Waals surface area (Å²) >= 11 is 6.01. The van der Waals surface area contributed by atoms with Crippen molar-refractivity contribution in [1.82, 2.24) is 4.31 Å². The van der Waals surface area contributed by atoms with Gasteiger partial charge >= 0.3 is 0 Å². The van der Waals surface area contributed by atoms with Crippen molar-refractivity contribution in [2.24, 2.45) is 0 Å². The number of piperidine rings is 1. The van der Waals surface area contributed by atoms with Crippen LogP contribution in [0.4, 0.5) is 0 Å². The minimum Gasteiger partial charge on any atom is -0.212 e. The van der Waals surface area contributed by atoms with Crippen LogP contribution in [0.3, 0.4) is 0 Å². The third-order valence-corrected chi connectivity index (χ3v) is 6.12. The van der Waals surface area contributed by atoms with Gasteiger partial charge in [-0.2, -0.15) is 0 Å². The summed E-state index contributed by atoms with van der Waals surface area (Å²) in [5.74, 6) is 0.184. The van der Waals surface area contributed by atoms with Gasteiger partial charge in [-0.1, -0.05) is 37.3 Å². The van der Waals surface area contributed by atoms with Gasteiger partial charge in [0.2, 0.25) is 10.0 Å². The molecule has 1 atom stereocenters. The number of hydrogen-bond acceptors (Lipinski definition) is 2. The van der Waals surface area contributed by atoms with Gasteiger partial charge in [0, 0.05) is 18.5 Å². The molecule has 1 heterocycles. The Morgan fingerprint density at radius 2 is 1.84 bits per heavy atom. The van der Waals surface area contributed by atoms with Crippen LogP contribution < -0.4 is 0 Å². The molecule has 0 radical (unpaired) electrons. The number of rotatable bonds is 4. The van der Waals surface area contributed by atoms with Gasteiger partial charge in [-0.3, -0.25) is 0 Å². The molecular formula is C14H20ClNO2S. The average molecular weight is 302 g/mol. The zero-order chi connectivity index (χ0) is 13.9. The highest BCUT2D eigenvalue weighted by atomic mass is 35.5. The molecule has 106 valence electrons. The molecule has 0 bridgehead atoms. The van der Waals surface area contributed by atoms with Gasteiger partial charge in [-0.15, -0.1) is 11.6 Å². The second-order valence-corrected chi connectivity index (χ2v) is 7.79. The van der Waals surface area contributed by atoms with Crippen LogP contribution in [0.5, 0.6) is 0 Å². The number of sulfonamides is 1. The van der Waals surface area contributed by atoms with E-state index in [4.69, 9.17) is 11.6 Å². The van der Waals surface area contributed by atoms with E-state index in [1.165, 1.54) is 0 Å². The lowest BCUT2D eigenvalue weighted by Crippen LogP contribution is -2.40. The van der Waals surface area contributed by atoms with Crippen molar-refractivity contribution >= 4 is 21.6 Å². The molecule has 1 aliphatic heterocycles. The SMILES string of the molecule is CC(CS(=O)(=O)N1CCC(Cl)CC1)c1ccccc1. The fourth-order valence-electron chi connectivity index (χ4n) is 2.40. The minimum atomic E-state index is -3.18. The van der Waals surface area contributed by atoms with Gasteiger partial charge in [-0.25, -0.2) is 12.7 Å². The topological polar surface area (TPSA) is 37.4 Å². The summed E-state index contributed by atoms with van der Waals surface area (Å²) in [5, 5.41) is 0.123. The van der Waals surface area contributed by atoms with Crippen molar-refractivity contribution in [3.05, 3.63) is 35.9 Å². The minimum absolute atomic E-state index is 0.0138. The average Bonchev–Trinajstić information content (AvgIpc) is 2.40. The number of benzene rings is 1. The van der Waals surface area contributed by atoms with Crippen molar-refractivity contribution in [3.63, 3.8) is 0 Å². The summed E-state index contributed by atoms with van der Waals surface area (Å²) in [6.07, 6.45) is 1.50. The van der Waals surface area contributed by atoms with Crippen LogP contribution in [0.25, 0.3) is 0 Å². The highest BCUT2D eigenvalue weighted by molar-refractivity contribution is 7.89. The van der Waals surface area contributed by atoms with Crippen molar-refractivity contribution in [2.45, 2.75) is 31.1 Å². The maximum atomic E-state index is 12.4. The van der Waals surface area contributed by atoms with E-state index in [1.54, 1.807) is 4.31 Å². The first-order valence-corrected chi connectivity index (χ1v) is 8.70. The summed E-state index contributed by atoms with van der Waals surface area (Å²) in [6, 6.07) is 9.78. The normalized spacial score (nSPS) is 20.3. The standard InChI is InChI=1S/C14H20ClNO2S/c1-12(13-5-3-2-4-6-13)11-19(17,18)16-9-7-14(15)8-10-16/h2-6,12,14H,7-11H2,1H3. The molecule has 0 saturated carbocycles. The fraction of sp³-hybridized carbons (Fsp3) is 0.571. The van der Waals surface area contributed by atoms with Crippen molar-refractivity contribution in [3.8, 4) is 0 Å². The van der Waals surface area contributed by atoms with E-state index in [2.05, 4.69) is 0 Å². The van der Waals surface area contributed by atoms with E-state index in [-0.39, 0.29) is 17.0 Å². The molecule has 1 aromatic rings. The molecule has 0 aliphatic carbocycles. The van der Waals surface area contributed by atoms with Crippen molar-refractivity contribution < 1.29 is 8.42 Å². The highest BCUT2D eigenvalue weighted by Gasteiger charge is 2.28. The quantitative estimate of drug-likeness (QED) is 0.802. The van der Waals surface area contributed by atoms with Gasteiger partial charge in [0.1, 0.15) is 0 Å². The Kier molecular flexibility index (Phi) is 4.87. The van der Waals surface area contributed by atoms with E-state index < -0.39 is 10.0 Å². The van der Waals surface area contributed by atoms with Crippen LogP contribution in [-0.4, -0.2) is 36.9 Å². The van der Waals surface area contributed by atoms with Gasteiger partial charge in [0.05, 0.1) is 5.75 Å². The first kappa shape index (κ1) is 14.8. The van der Waals surface area contributed by atoms with Crippen LogP contribution in [0.1, 0.15) is 31.2 Å². The number of halogens is 1. The van der Waals surface area contributed by atoms with E-state index >= 15 is 0 Å². The molecule has 1 aromatic carbocycles. The molecular weight excluding hydrogens is 282 g/mol. The second kappa shape index (κ2) is 6.25. The zero-order valence-corrected chi connectivity index (χ0v) is 12.7. The number of hydrogen-bond donors (Lipinski definition) is 0. The van der Waals surface area contributed by atoms with Crippen molar-refractivity contribution in [2.75, 3.05) is 18.8 Å². The van der Waals surface area contributed by atoms with Crippen molar-refractivity contribution in [1.29, 1.82) is 0 Å². The third kappa shape index (κ3) is 3.94.